The quantitative estimate of drug-likeness (QED) is 0.609. The van der Waals surface area contributed by atoms with Gasteiger partial charge in [0.05, 0.1) is 0 Å². The molecule has 6 heteroatoms. The van der Waals surface area contributed by atoms with E-state index in [1.165, 1.54) is 38.5 Å². The zero-order valence-corrected chi connectivity index (χ0v) is 15.0. The molecule has 4 aliphatic rings. The van der Waals surface area contributed by atoms with Crippen LogP contribution in [0.4, 0.5) is 0 Å². The van der Waals surface area contributed by atoms with E-state index in [1.807, 2.05) is 0 Å². The lowest BCUT2D eigenvalue weighted by molar-refractivity contribution is -0.141. The summed E-state index contributed by atoms with van der Waals surface area (Å²) in [7, 11) is 0. The Bertz CT molecular complexity index is 442. The molecule has 0 aromatic carbocycles. The van der Waals surface area contributed by atoms with Crippen LogP contribution in [0.3, 0.4) is 0 Å². The fourth-order valence-electron chi connectivity index (χ4n) is 5.09. The van der Waals surface area contributed by atoms with Crippen LogP contribution in [0.5, 0.6) is 0 Å². The smallest absolute Gasteiger partial charge is 0.320 e. The second-order valence-corrected chi connectivity index (χ2v) is 8.51. The Hall–Kier alpha value is -1.14. The van der Waals surface area contributed by atoms with Crippen LogP contribution in [0, 0.1) is 23.7 Å². The third kappa shape index (κ3) is 4.48. The molecule has 0 heterocycles. The van der Waals surface area contributed by atoms with Crippen LogP contribution in [-0.2, 0) is 9.59 Å². The van der Waals surface area contributed by atoms with Gasteiger partial charge in [0, 0.05) is 5.54 Å². The fourth-order valence-corrected chi connectivity index (χ4v) is 5.09. The predicted molar refractivity (Wildman–Crippen MR) is 91.6 cm³/mol. The van der Waals surface area contributed by atoms with Gasteiger partial charge in [0.15, 0.2) is 0 Å². The predicted octanol–water partition coefficient (Wildman–Crippen LogP) is 2.07. The highest BCUT2D eigenvalue weighted by atomic mass is 16.4. The summed E-state index contributed by atoms with van der Waals surface area (Å²) < 4.78 is 0. The average Bonchev–Trinajstić information content (AvgIpc) is 2.44. The molecule has 0 aromatic heterocycles. The largest absolute Gasteiger partial charge is 0.480 e. The topological polar surface area (TPSA) is 113 Å². The molecule has 0 spiro atoms. The summed E-state index contributed by atoms with van der Waals surface area (Å²) in [5, 5.41) is 20.7. The molecular formula is C18H32N2O4. The number of hydrogen-bond acceptors (Lipinski definition) is 4. The van der Waals surface area contributed by atoms with Gasteiger partial charge in [-0.3, -0.25) is 14.9 Å². The van der Waals surface area contributed by atoms with Crippen LogP contribution in [0.15, 0.2) is 0 Å². The summed E-state index contributed by atoms with van der Waals surface area (Å²) in [4.78, 5) is 21.0. The monoisotopic (exact) mass is 340 g/mol. The van der Waals surface area contributed by atoms with Gasteiger partial charge in [-0.05, 0) is 69.1 Å². The zero-order chi connectivity index (χ0) is 18.1. The molecule has 2 atom stereocenters. The number of nitrogens with two attached hydrogens (primary N) is 1. The first kappa shape index (κ1) is 19.2. The minimum Gasteiger partial charge on any atom is -0.480 e. The van der Waals surface area contributed by atoms with Crippen LogP contribution in [0.1, 0.15) is 59.3 Å². The van der Waals surface area contributed by atoms with E-state index in [0.29, 0.717) is 0 Å². The van der Waals surface area contributed by atoms with E-state index in [1.54, 1.807) is 20.8 Å². The van der Waals surface area contributed by atoms with Crippen molar-refractivity contribution in [1.29, 1.82) is 0 Å². The summed E-state index contributed by atoms with van der Waals surface area (Å²) >= 11 is 0. The van der Waals surface area contributed by atoms with Gasteiger partial charge < -0.3 is 15.9 Å². The summed E-state index contributed by atoms with van der Waals surface area (Å²) in [6.07, 6.45) is 7.87. The number of hydrogen-bond donors (Lipinski definition) is 4. The second-order valence-electron chi connectivity index (χ2n) is 8.51. The normalized spacial score (nSPS) is 36.0. The van der Waals surface area contributed by atoms with E-state index in [2.05, 4.69) is 5.32 Å². The van der Waals surface area contributed by atoms with Crippen molar-refractivity contribution in [3.8, 4) is 0 Å². The minimum atomic E-state index is -0.931. The molecule has 138 valence electrons. The van der Waals surface area contributed by atoms with E-state index >= 15 is 0 Å². The van der Waals surface area contributed by atoms with Crippen molar-refractivity contribution in [2.75, 3.05) is 0 Å². The maximum atomic E-state index is 11.0. The lowest BCUT2D eigenvalue weighted by atomic mass is 9.53. The number of nitrogens with one attached hydrogen (secondary N) is 1. The van der Waals surface area contributed by atoms with Crippen molar-refractivity contribution in [3.63, 3.8) is 0 Å². The molecule has 0 saturated heterocycles. The lowest BCUT2D eigenvalue weighted by Crippen LogP contribution is -2.61. The molecule has 0 aromatic rings. The molecule has 24 heavy (non-hydrogen) atoms. The first-order valence-electron chi connectivity index (χ1n) is 9.11. The molecule has 4 aliphatic carbocycles. The highest BCUT2D eigenvalue weighted by molar-refractivity contribution is 5.73. The van der Waals surface area contributed by atoms with Gasteiger partial charge in [0.1, 0.15) is 12.1 Å². The van der Waals surface area contributed by atoms with Crippen LogP contribution in [0.2, 0.25) is 0 Å². The van der Waals surface area contributed by atoms with Crippen molar-refractivity contribution in [2.45, 2.75) is 76.9 Å². The summed E-state index contributed by atoms with van der Waals surface area (Å²) in [5.41, 5.74) is 5.33. The third-order valence-electron chi connectivity index (χ3n) is 5.93. The molecule has 4 saturated carbocycles. The molecule has 2 unspecified atom stereocenters. The Labute approximate surface area is 144 Å². The number of carboxylic acid groups (broad SMARTS) is 2. The number of rotatable bonds is 5. The van der Waals surface area contributed by atoms with Crippen molar-refractivity contribution in [3.05, 3.63) is 0 Å². The van der Waals surface area contributed by atoms with E-state index in [-0.39, 0.29) is 11.5 Å². The lowest BCUT2D eigenvalue weighted by Gasteiger charge is -2.57. The van der Waals surface area contributed by atoms with E-state index in [4.69, 9.17) is 15.9 Å². The standard InChI is InChI=1S/C13H21NO2.C5H11NO2/c1-8(12(15)16)14-13-5-9-2-10(6-13)4-11(3-9)7-13;1-3(2)4(6)5(7)8/h8-11,14H,2-7H2,1H3,(H,15,16);3-4H,6H2,1-2H3,(H,7,8). The highest BCUT2D eigenvalue weighted by Crippen LogP contribution is 2.55. The van der Waals surface area contributed by atoms with Gasteiger partial charge in [0.2, 0.25) is 0 Å². The maximum Gasteiger partial charge on any atom is 0.320 e. The van der Waals surface area contributed by atoms with Crippen molar-refractivity contribution in [1.82, 2.24) is 5.32 Å². The molecule has 4 fully saturated rings. The first-order chi connectivity index (χ1) is 11.1. The van der Waals surface area contributed by atoms with Gasteiger partial charge in [-0.2, -0.15) is 0 Å². The third-order valence-corrected chi connectivity index (χ3v) is 5.93. The van der Waals surface area contributed by atoms with Crippen molar-refractivity contribution in [2.24, 2.45) is 29.4 Å². The summed E-state index contributed by atoms with van der Waals surface area (Å²) in [5.74, 6) is 1.00. The van der Waals surface area contributed by atoms with E-state index < -0.39 is 24.0 Å². The second kappa shape index (κ2) is 7.40. The van der Waals surface area contributed by atoms with Crippen LogP contribution >= 0.6 is 0 Å². The SMILES string of the molecule is CC(C)C(N)C(=O)O.CC(NC12CC3CC(CC(C3)C1)C2)C(=O)O. The highest BCUT2D eigenvalue weighted by Gasteiger charge is 2.51. The number of carbonyl (C=O) groups is 2. The van der Waals surface area contributed by atoms with Crippen molar-refractivity contribution >= 4 is 11.9 Å². The van der Waals surface area contributed by atoms with Gasteiger partial charge in [-0.1, -0.05) is 13.8 Å². The molecule has 0 radical (unpaired) electrons. The maximum absolute atomic E-state index is 11.0. The Morgan fingerprint density at radius 2 is 1.38 bits per heavy atom. The summed E-state index contributed by atoms with van der Waals surface area (Å²) in [6.45, 7) is 5.33. The van der Waals surface area contributed by atoms with Crippen LogP contribution in [0.25, 0.3) is 0 Å². The Morgan fingerprint density at radius 3 is 1.62 bits per heavy atom. The molecule has 4 bridgehead atoms. The van der Waals surface area contributed by atoms with Crippen molar-refractivity contribution < 1.29 is 19.8 Å². The van der Waals surface area contributed by atoms with E-state index in [0.717, 1.165) is 17.8 Å². The average molecular weight is 340 g/mol. The zero-order valence-electron chi connectivity index (χ0n) is 15.0. The molecule has 6 nitrogen and oxygen atoms in total. The molecular weight excluding hydrogens is 308 g/mol. The van der Waals surface area contributed by atoms with E-state index in [9.17, 15) is 9.59 Å². The Morgan fingerprint density at radius 1 is 0.958 bits per heavy atom. The molecule has 0 aliphatic heterocycles. The van der Waals surface area contributed by atoms with Gasteiger partial charge >= 0.3 is 11.9 Å². The van der Waals surface area contributed by atoms with Gasteiger partial charge in [-0.15, -0.1) is 0 Å². The van der Waals surface area contributed by atoms with Gasteiger partial charge in [-0.25, -0.2) is 0 Å². The summed E-state index contributed by atoms with van der Waals surface area (Å²) in [6, 6.07) is -1.11. The molecule has 4 rings (SSSR count). The molecule has 5 N–H and O–H groups in total. The fraction of sp³-hybridized carbons (Fsp3) is 0.889. The number of carboxylic acids is 2. The van der Waals surface area contributed by atoms with Crippen LogP contribution < -0.4 is 11.1 Å². The van der Waals surface area contributed by atoms with Crippen LogP contribution in [-0.4, -0.2) is 39.8 Å². The molecule has 0 amide bonds. The first-order valence-corrected chi connectivity index (χ1v) is 9.11. The Balaban J connectivity index is 0.000000224. The minimum absolute atomic E-state index is 0.0208. The number of aliphatic carboxylic acids is 2. The van der Waals surface area contributed by atoms with Gasteiger partial charge in [0.25, 0.3) is 0 Å². The Kier molecular flexibility index (Phi) is 5.91.